The number of fused-ring (bicyclic) bond motifs is 1. The molecule has 2 fully saturated rings. The fourth-order valence-electron chi connectivity index (χ4n) is 4.54. The lowest BCUT2D eigenvalue weighted by Gasteiger charge is -2.32. The number of aliphatic hydroxyl groups is 2. The van der Waals surface area contributed by atoms with Crippen molar-refractivity contribution in [3.05, 3.63) is 17.4 Å². The van der Waals surface area contributed by atoms with Crippen LogP contribution in [0.25, 0.3) is 11.0 Å². The molecule has 1 amide bonds. The number of hydrogen-bond donors (Lipinski definition) is 2. The zero-order valence-corrected chi connectivity index (χ0v) is 20.9. The summed E-state index contributed by atoms with van der Waals surface area (Å²) >= 11 is 6.39. The van der Waals surface area contributed by atoms with Crippen molar-refractivity contribution >= 4 is 40.4 Å². The minimum Gasteiger partial charge on any atom is -0.463 e. The van der Waals surface area contributed by atoms with Crippen LogP contribution < -0.4 is 4.90 Å². The van der Waals surface area contributed by atoms with Gasteiger partial charge in [0.2, 0.25) is 0 Å². The largest absolute Gasteiger partial charge is 0.463 e. The Morgan fingerprint density at radius 3 is 2.57 bits per heavy atom. The Labute approximate surface area is 207 Å². The van der Waals surface area contributed by atoms with E-state index in [1.807, 2.05) is 0 Å². The maximum Gasteiger partial charge on any atom is 0.415 e. The van der Waals surface area contributed by atoms with Crippen molar-refractivity contribution in [2.45, 2.75) is 89.6 Å². The molecule has 12 heteroatoms. The molecule has 0 unspecified atom stereocenters. The zero-order valence-electron chi connectivity index (χ0n) is 20.2. The fourth-order valence-corrected chi connectivity index (χ4v) is 4.73. The second-order valence-corrected chi connectivity index (χ2v) is 10.3. The molecule has 0 bridgehead atoms. The highest BCUT2D eigenvalue weighted by molar-refractivity contribution is 6.30. The molecule has 1 saturated carbocycles. The first kappa shape index (κ1) is 25.6. The first-order chi connectivity index (χ1) is 16.5. The summed E-state index contributed by atoms with van der Waals surface area (Å²) in [5.74, 6) is -0.532. The van der Waals surface area contributed by atoms with Gasteiger partial charge in [0.25, 0.3) is 0 Å². The average Bonchev–Trinajstić information content (AvgIpc) is 3.47. The molecular weight excluding hydrogens is 480 g/mol. The number of carbonyl (C=O) groups is 2. The van der Waals surface area contributed by atoms with E-state index in [1.165, 1.54) is 17.8 Å². The lowest BCUT2D eigenvalue weighted by Crippen LogP contribution is -2.42. The molecule has 0 radical (unpaired) electrons. The molecule has 2 aromatic rings. The highest BCUT2D eigenvalue weighted by Gasteiger charge is 2.45. The van der Waals surface area contributed by atoms with Crippen LogP contribution in [0.3, 0.4) is 0 Å². The standard InChI is InChI=1S/C23H31ClN4O7/c1-12(29)33-11-16-18(30)19(31)21(34-16)28-20-14(10-25-28)15(9-17(24)26-20)27(13-7-5-6-8-13)22(32)35-23(2,3)4/h9-10,13,16,18-19,21,30-31H,5-8,11H2,1-4H3/t16-,18+,19-,21-/m1/s1. The number of hydrogen-bond acceptors (Lipinski definition) is 9. The SMILES string of the molecule is CC(=O)OC[C@H]1O[C@@H](n2ncc3c(N(C(=O)OC(C)(C)C)C4CCCC4)cc(Cl)nc32)[C@H](O)[C@H]1O. The van der Waals surface area contributed by atoms with Gasteiger partial charge in [0.05, 0.1) is 17.3 Å². The third-order valence-electron chi connectivity index (χ3n) is 6.08. The van der Waals surface area contributed by atoms with Crippen molar-refractivity contribution in [1.82, 2.24) is 14.8 Å². The van der Waals surface area contributed by atoms with E-state index in [2.05, 4.69) is 10.1 Å². The number of amides is 1. The lowest BCUT2D eigenvalue weighted by atomic mass is 10.1. The van der Waals surface area contributed by atoms with Crippen LogP contribution in [-0.2, 0) is 19.0 Å². The van der Waals surface area contributed by atoms with Crippen molar-refractivity contribution in [1.29, 1.82) is 0 Å². The molecule has 4 rings (SSSR count). The van der Waals surface area contributed by atoms with Crippen molar-refractivity contribution in [3.8, 4) is 0 Å². The number of aliphatic hydroxyl groups excluding tert-OH is 2. The number of anilines is 1. The molecule has 2 aromatic heterocycles. The zero-order chi connectivity index (χ0) is 25.5. The van der Waals surface area contributed by atoms with E-state index in [1.54, 1.807) is 31.7 Å². The normalized spacial score (nSPS) is 25.2. The summed E-state index contributed by atoms with van der Waals surface area (Å²) in [7, 11) is 0. The summed E-state index contributed by atoms with van der Waals surface area (Å²) in [4.78, 5) is 30.4. The minimum absolute atomic E-state index is 0.0712. The Bertz CT molecular complexity index is 1100. The predicted molar refractivity (Wildman–Crippen MR) is 126 cm³/mol. The molecule has 4 atom stereocenters. The van der Waals surface area contributed by atoms with E-state index in [9.17, 15) is 19.8 Å². The Kier molecular flexibility index (Phi) is 7.23. The Hall–Kier alpha value is -2.47. The molecule has 3 heterocycles. The number of esters is 1. The molecule has 35 heavy (non-hydrogen) atoms. The minimum atomic E-state index is -1.36. The first-order valence-corrected chi connectivity index (χ1v) is 12.0. The molecule has 2 N–H and O–H groups in total. The van der Waals surface area contributed by atoms with Gasteiger partial charge in [0.1, 0.15) is 35.7 Å². The summed E-state index contributed by atoms with van der Waals surface area (Å²) in [6, 6.07) is 1.53. The highest BCUT2D eigenvalue weighted by atomic mass is 35.5. The molecule has 192 valence electrons. The quantitative estimate of drug-likeness (QED) is 0.459. The monoisotopic (exact) mass is 510 g/mol. The van der Waals surface area contributed by atoms with Gasteiger partial charge in [-0.15, -0.1) is 0 Å². The van der Waals surface area contributed by atoms with Gasteiger partial charge in [-0.2, -0.15) is 5.10 Å². The Morgan fingerprint density at radius 2 is 1.94 bits per heavy atom. The highest BCUT2D eigenvalue weighted by Crippen LogP contribution is 2.38. The predicted octanol–water partition coefficient (Wildman–Crippen LogP) is 2.95. The number of halogens is 1. The molecule has 0 aromatic carbocycles. The van der Waals surface area contributed by atoms with Crippen LogP contribution in [0.2, 0.25) is 5.15 Å². The topological polar surface area (TPSA) is 136 Å². The van der Waals surface area contributed by atoms with E-state index >= 15 is 0 Å². The first-order valence-electron chi connectivity index (χ1n) is 11.7. The number of aromatic nitrogens is 3. The van der Waals surface area contributed by atoms with Crippen LogP contribution in [0, 0.1) is 0 Å². The maximum absolute atomic E-state index is 13.3. The Morgan fingerprint density at radius 1 is 1.26 bits per heavy atom. The van der Waals surface area contributed by atoms with Crippen molar-refractivity contribution < 1.29 is 34.0 Å². The fraction of sp³-hybridized carbons (Fsp3) is 0.652. The third kappa shape index (κ3) is 5.37. The molecule has 2 aliphatic rings. The second kappa shape index (κ2) is 9.88. The van der Waals surface area contributed by atoms with Crippen LogP contribution in [0.15, 0.2) is 12.3 Å². The Balaban J connectivity index is 1.73. The van der Waals surface area contributed by atoms with Gasteiger partial charge in [0, 0.05) is 19.0 Å². The maximum atomic E-state index is 13.3. The molecule has 0 spiro atoms. The van der Waals surface area contributed by atoms with Crippen LogP contribution in [-0.4, -0.2) is 73.6 Å². The summed E-state index contributed by atoms with van der Waals surface area (Å²) in [6.07, 6.45) is -0.0706. The van der Waals surface area contributed by atoms with Crippen molar-refractivity contribution in [3.63, 3.8) is 0 Å². The van der Waals surface area contributed by atoms with Gasteiger partial charge in [0.15, 0.2) is 11.9 Å². The van der Waals surface area contributed by atoms with E-state index in [0.29, 0.717) is 11.1 Å². The summed E-state index contributed by atoms with van der Waals surface area (Å²) in [5.41, 5.74) is 0.0727. The van der Waals surface area contributed by atoms with E-state index in [0.717, 1.165) is 25.7 Å². The average molecular weight is 511 g/mol. The van der Waals surface area contributed by atoms with Gasteiger partial charge >= 0.3 is 12.1 Å². The van der Waals surface area contributed by atoms with Crippen molar-refractivity contribution in [2.24, 2.45) is 0 Å². The van der Waals surface area contributed by atoms with Crippen LogP contribution in [0.4, 0.5) is 10.5 Å². The van der Waals surface area contributed by atoms with E-state index in [4.69, 9.17) is 25.8 Å². The number of ether oxygens (including phenoxy) is 3. The number of rotatable bonds is 5. The molecule has 11 nitrogen and oxygen atoms in total. The van der Waals surface area contributed by atoms with Crippen LogP contribution >= 0.6 is 11.6 Å². The second-order valence-electron chi connectivity index (χ2n) is 9.93. The van der Waals surface area contributed by atoms with Crippen LogP contribution in [0.5, 0.6) is 0 Å². The summed E-state index contributed by atoms with van der Waals surface area (Å²) < 4.78 is 17.7. The van der Waals surface area contributed by atoms with Gasteiger partial charge in [-0.05, 0) is 33.6 Å². The van der Waals surface area contributed by atoms with Gasteiger partial charge < -0.3 is 24.4 Å². The molecule has 1 aliphatic carbocycles. The summed E-state index contributed by atoms with van der Waals surface area (Å²) in [5, 5.41) is 26.0. The number of carbonyl (C=O) groups excluding carboxylic acids is 2. The third-order valence-corrected chi connectivity index (χ3v) is 6.28. The number of pyridine rings is 1. The van der Waals surface area contributed by atoms with Gasteiger partial charge in [-0.25, -0.2) is 14.5 Å². The molecule has 1 aliphatic heterocycles. The van der Waals surface area contributed by atoms with E-state index < -0.39 is 42.2 Å². The molecular formula is C23H31ClN4O7. The molecule has 1 saturated heterocycles. The smallest absolute Gasteiger partial charge is 0.415 e. The number of nitrogens with zero attached hydrogens (tertiary/aromatic N) is 4. The summed E-state index contributed by atoms with van der Waals surface area (Å²) in [6.45, 7) is 6.44. The van der Waals surface area contributed by atoms with Gasteiger partial charge in [-0.1, -0.05) is 24.4 Å². The van der Waals surface area contributed by atoms with Gasteiger partial charge in [-0.3, -0.25) is 9.69 Å². The van der Waals surface area contributed by atoms with Crippen LogP contribution in [0.1, 0.15) is 59.6 Å². The lowest BCUT2D eigenvalue weighted by molar-refractivity contribution is -0.147. The van der Waals surface area contributed by atoms with E-state index in [-0.39, 0.29) is 23.4 Å². The van der Waals surface area contributed by atoms with Crippen molar-refractivity contribution in [2.75, 3.05) is 11.5 Å².